The standard InChI is InChI=1S/C19H21BrN6O3S/c1-14(18-23-22-17-7-2-3-8-26(17)18)21-19(27)24-9-11-25(12-10-24)30(28,29)16-6-4-5-15(20)13-16/h2-8,13-14H,9-12H2,1H3,(H,21,27)/t14-/m1/s1. The molecule has 1 aromatic carbocycles. The summed E-state index contributed by atoms with van der Waals surface area (Å²) in [6, 6.07) is 11.6. The topological polar surface area (TPSA) is 99.9 Å². The normalized spacial score (nSPS) is 16.5. The van der Waals surface area contributed by atoms with Crippen molar-refractivity contribution >= 4 is 37.6 Å². The maximum Gasteiger partial charge on any atom is 0.318 e. The number of nitrogens with zero attached hydrogens (tertiary/aromatic N) is 5. The molecule has 0 unspecified atom stereocenters. The van der Waals surface area contributed by atoms with E-state index in [-0.39, 0.29) is 30.1 Å². The molecule has 2 amide bonds. The average molecular weight is 493 g/mol. The molecule has 0 bridgehead atoms. The van der Waals surface area contributed by atoms with Crippen molar-refractivity contribution in [3.63, 3.8) is 0 Å². The van der Waals surface area contributed by atoms with Crippen molar-refractivity contribution in [2.45, 2.75) is 17.9 Å². The number of urea groups is 1. The summed E-state index contributed by atoms with van der Waals surface area (Å²) >= 11 is 3.31. The first kappa shape index (κ1) is 20.8. The molecule has 1 aliphatic rings. The Labute approximate surface area is 182 Å². The molecule has 2 aromatic heterocycles. The van der Waals surface area contributed by atoms with E-state index in [1.165, 1.54) is 4.31 Å². The number of halogens is 1. The minimum absolute atomic E-state index is 0.238. The summed E-state index contributed by atoms with van der Waals surface area (Å²) in [7, 11) is -3.59. The first-order valence-corrected chi connectivity index (χ1v) is 11.7. The van der Waals surface area contributed by atoms with E-state index >= 15 is 0 Å². The number of hydrogen-bond acceptors (Lipinski definition) is 5. The summed E-state index contributed by atoms with van der Waals surface area (Å²) in [6.07, 6.45) is 1.85. The van der Waals surface area contributed by atoms with Gasteiger partial charge in [0.2, 0.25) is 10.0 Å². The first-order valence-electron chi connectivity index (χ1n) is 9.47. The van der Waals surface area contributed by atoms with E-state index in [1.807, 2.05) is 35.7 Å². The number of sulfonamides is 1. The van der Waals surface area contributed by atoms with Crippen LogP contribution >= 0.6 is 15.9 Å². The van der Waals surface area contributed by atoms with Crippen LogP contribution in [0.2, 0.25) is 0 Å². The summed E-state index contributed by atoms with van der Waals surface area (Å²) in [5.41, 5.74) is 0.708. The van der Waals surface area contributed by atoms with Crippen LogP contribution in [0.5, 0.6) is 0 Å². The van der Waals surface area contributed by atoms with Gasteiger partial charge < -0.3 is 10.2 Å². The Morgan fingerprint density at radius 2 is 1.87 bits per heavy atom. The predicted octanol–water partition coefficient (Wildman–Crippen LogP) is 2.27. The smallest absolute Gasteiger partial charge is 0.318 e. The highest BCUT2D eigenvalue weighted by Crippen LogP contribution is 2.21. The Morgan fingerprint density at radius 1 is 1.10 bits per heavy atom. The highest BCUT2D eigenvalue weighted by Gasteiger charge is 2.31. The van der Waals surface area contributed by atoms with Crippen LogP contribution in [-0.4, -0.2) is 64.4 Å². The fourth-order valence-electron chi connectivity index (χ4n) is 3.40. The fraction of sp³-hybridized carbons (Fsp3) is 0.316. The van der Waals surface area contributed by atoms with Crippen LogP contribution in [0.25, 0.3) is 5.65 Å². The molecule has 0 spiro atoms. The van der Waals surface area contributed by atoms with Gasteiger partial charge in [0.1, 0.15) is 0 Å². The molecule has 9 nitrogen and oxygen atoms in total. The van der Waals surface area contributed by atoms with Crippen LogP contribution in [0.1, 0.15) is 18.8 Å². The quantitative estimate of drug-likeness (QED) is 0.601. The van der Waals surface area contributed by atoms with Crippen molar-refractivity contribution in [1.82, 2.24) is 29.1 Å². The minimum Gasteiger partial charge on any atom is -0.328 e. The zero-order valence-corrected chi connectivity index (χ0v) is 18.7. The Bertz CT molecular complexity index is 1170. The number of fused-ring (bicyclic) bond motifs is 1. The lowest BCUT2D eigenvalue weighted by molar-refractivity contribution is 0.169. The zero-order valence-electron chi connectivity index (χ0n) is 16.3. The van der Waals surface area contributed by atoms with Gasteiger partial charge in [-0.25, -0.2) is 13.2 Å². The van der Waals surface area contributed by atoms with Gasteiger partial charge in [-0.1, -0.05) is 28.1 Å². The van der Waals surface area contributed by atoms with Gasteiger partial charge in [0, 0.05) is 36.8 Å². The zero-order chi connectivity index (χ0) is 21.3. The van der Waals surface area contributed by atoms with E-state index in [2.05, 4.69) is 31.4 Å². The lowest BCUT2D eigenvalue weighted by Crippen LogP contribution is -2.53. The number of carbonyl (C=O) groups excluding carboxylic acids is 1. The van der Waals surface area contributed by atoms with Gasteiger partial charge in [0.05, 0.1) is 10.9 Å². The maximum absolute atomic E-state index is 12.8. The lowest BCUT2D eigenvalue weighted by Gasteiger charge is -2.34. The van der Waals surface area contributed by atoms with Crippen LogP contribution in [0.15, 0.2) is 58.0 Å². The number of benzene rings is 1. The van der Waals surface area contributed by atoms with Crippen molar-refractivity contribution in [1.29, 1.82) is 0 Å². The Balaban J connectivity index is 1.38. The number of amides is 2. The maximum atomic E-state index is 12.8. The molecule has 1 saturated heterocycles. The van der Waals surface area contributed by atoms with Crippen LogP contribution in [0.3, 0.4) is 0 Å². The van der Waals surface area contributed by atoms with Crippen molar-refractivity contribution in [2.75, 3.05) is 26.2 Å². The summed E-state index contributed by atoms with van der Waals surface area (Å²) < 4.78 is 29.6. The molecule has 0 aliphatic carbocycles. The van der Waals surface area contributed by atoms with Crippen molar-refractivity contribution < 1.29 is 13.2 Å². The van der Waals surface area contributed by atoms with Gasteiger partial charge in [-0.2, -0.15) is 4.31 Å². The van der Waals surface area contributed by atoms with Crippen LogP contribution < -0.4 is 5.32 Å². The lowest BCUT2D eigenvalue weighted by atomic mass is 10.3. The van der Waals surface area contributed by atoms with E-state index < -0.39 is 10.0 Å². The number of aromatic nitrogens is 3. The van der Waals surface area contributed by atoms with Gasteiger partial charge in [-0.3, -0.25) is 4.40 Å². The number of rotatable bonds is 4. The third kappa shape index (κ3) is 4.05. The molecule has 0 radical (unpaired) electrons. The molecule has 4 rings (SSSR count). The first-order chi connectivity index (χ1) is 14.4. The van der Waals surface area contributed by atoms with E-state index in [0.717, 1.165) is 0 Å². The molecule has 158 valence electrons. The molecule has 3 aromatic rings. The van der Waals surface area contributed by atoms with Gasteiger partial charge >= 0.3 is 6.03 Å². The number of hydrogen-bond donors (Lipinski definition) is 1. The molecule has 1 fully saturated rings. The SMILES string of the molecule is C[C@@H](NC(=O)N1CCN(S(=O)(=O)c2cccc(Br)c2)CC1)c1nnc2ccccn12. The molecular formula is C19H21BrN6O3S. The summed E-state index contributed by atoms with van der Waals surface area (Å²) in [5.74, 6) is 0.634. The summed E-state index contributed by atoms with van der Waals surface area (Å²) in [5, 5.41) is 11.2. The Hall–Kier alpha value is -2.50. The third-order valence-corrected chi connectivity index (χ3v) is 7.41. The summed E-state index contributed by atoms with van der Waals surface area (Å²) in [4.78, 5) is 14.5. The summed E-state index contributed by atoms with van der Waals surface area (Å²) in [6.45, 7) is 2.95. The van der Waals surface area contributed by atoms with Gasteiger partial charge in [-0.15, -0.1) is 10.2 Å². The molecular weight excluding hydrogens is 472 g/mol. The largest absolute Gasteiger partial charge is 0.328 e. The molecule has 11 heteroatoms. The van der Waals surface area contributed by atoms with Crippen molar-refractivity contribution in [3.8, 4) is 0 Å². The van der Waals surface area contributed by atoms with Gasteiger partial charge in [0.15, 0.2) is 11.5 Å². The van der Waals surface area contributed by atoms with Crippen molar-refractivity contribution in [3.05, 3.63) is 59.0 Å². The van der Waals surface area contributed by atoms with Gasteiger partial charge in [0.25, 0.3) is 0 Å². The van der Waals surface area contributed by atoms with Gasteiger partial charge in [-0.05, 0) is 37.3 Å². The Kier molecular flexibility index (Phi) is 5.76. The molecule has 0 saturated carbocycles. The molecule has 1 N–H and O–H groups in total. The van der Waals surface area contributed by atoms with E-state index in [4.69, 9.17) is 0 Å². The number of pyridine rings is 1. The van der Waals surface area contributed by atoms with Crippen LogP contribution in [-0.2, 0) is 10.0 Å². The fourth-order valence-corrected chi connectivity index (χ4v) is 5.42. The molecule has 30 heavy (non-hydrogen) atoms. The molecule has 1 aliphatic heterocycles. The number of carbonyl (C=O) groups is 1. The highest BCUT2D eigenvalue weighted by atomic mass is 79.9. The second-order valence-electron chi connectivity index (χ2n) is 7.01. The van der Waals surface area contributed by atoms with Crippen LogP contribution in [0.4, 0.5) is 4.79 Å². The van der Waals surface area contributed by atoms with Crippen molar-refractivity contribution in [2.24, 2.45) is 0 Å². The number of nitrogens with one attached hydrogen (secondary N) is 1. The van der Waals surface area contributed by atoms with Crippen LogP contribution in [0, 0.1) is 0 Å². The van der Waals surface area contributed by atoms with E-state index in [0.29, 0.717) is 29.0 Å². The Morgan fingerprint density at radius 3 is 2.60 bits per heavy atom. The van der Waals surface area contributed by atoms with E-state index in [1.54, 1.807) is 29.2 Å². The monoisotopic (exact) mass is 492 g/mol. The second kappa shape index (κ2) is 8.32. The van der Waals surface area contributed by atoms with E-state index in [9.17, 15) is 13.2 Å². The highest BCUT2D eigenvalue weighted by molar-refractivity contribution is 9.10. The predicted molar refractivity (Wildman–Crippen MR) is 114 cm³/mol. The third-order valence-electron chi connectivity index (χ3n) is 5.03. The molecule has 3 heterocycles. The second-order valence-corrected chi connectivity index (χ2v) is 9.86. The minimum atomic E-state index is -3.59. The average Bonchev–Trinajstić information content (AvgIpc) is 3.18. The number of piperazine rings is 1. The molecule has 1 atom stereocenters.